The Bertz CT molecular complexity index is 520. The highest BCUT2D eigenvalue weighted by atomic mass is 35.5. The minimum atomic E-state index is -0.304. The Kier molecular flexibility index (Phi) is 4.88. The Balaban J connectivity index is 1.82. The SMILES string of the molecule is Fc1ccc(CCNCc2c(F)cccc2Cl)cc1. The summed E-state index contributed by atoms with van der Waals surface area (Å²) in [6, 6.07) is 11.0. The lowest BCUT2D eigenvalue weighted by molar-refractivity contribution is 0.588. The van der Waals surface area contributed by atoms with Crippen LogP contribution in [0.15, 0.2) is 42.5 Å². The van der Waals surface area contributed by atoms with Crippen LogP contribution < -0.4 is 5.32 Å². The summed E-state index contributed by atoms with van der Waals surface area (Å²) >= 11 is 5.92. The van der Waals surface area contributed by atoms with E-state index in [2.05, 4.69) is 5.32 Å². The Hall–Kier alpha value is -1.45. The highest BCUT2D eigenvalue weighted by molar-refractivity contribution is 6.31. The molecule has 0 amide bonds. The van der Waals surface area contributed by atoms with Gasteiger partial charge in [0.05, 0.1) is 0 Å². The lowest BCUT2D eigenvalue weighted by Crippen LogP contribution is -2.17. The quantitative estimate of drug-likeness (QED) is 0.818. The largest absolute Gasteiger partial charge is 0.312 e. The van der Waals surface area contributed by atoms with Gasteiger partial charge in [0.1, 0.15) is 11.6 Å². The molecule has 0 fully saturated rings. The van der Waals surface area contributed by atoms with Crippen LogP contribution in [0.1, 0.15) is 11.1 Å². The highest BCUT2D eigenvalue weighted by Gasteiger charge is 2.05. The first-order valence-corrected chi connectivity index (χ1v) is 6.42. The van der Waals surface area contributed by atoms with Crippen molar-refractivity contribution in [3.05, 3.63) is 70.2 Å². The Morgan fingerprint density at radius 3 is 2.42 bits per heavy atom. The van der Waals surface area contributed by atoms with Crippen LogP contribution in [0, 0.1) is 11.6 Å². The summed E-state index contributed by atoms with van der Waals surface area (Å²) in [4.78, 5) is 0. The van der Waals surface area contributed by atoms with Crippen LogP contribution in [0.5, 0.6) is 0 Å². The van der Waals surface area contributed by atoms with Crippen molar-refractivity contribution < 1.29 is 8.78 Å². The van der Waals surface area contributed by atoms with Gasteiger partial charge in [-0.05, 0) is 42.8 Å². The molecule has 2 rings (SSSR count). The zero-order valence-corrected chi connectivity index (χ0v) is 11.1. The molecule has 1 N–H and O–H groups in total. The lowest BCUT2D eigenvalue weighted by atomic mass is 10.1. The van der Waals surface area contributed by atoms with E-state index in [4.69, 9.17) is 11.6 Å². The minimum Gasteiger partial charge on any atom is -0.312 e. The third-order valence-corrected chi connectivity index (χ3v) is 3.22. The van der Waals surface area contributed by atoms with Crippen LogP contribution in [0.3, 0.4) is 0 Å². The topological polar surface area (TPSA) is 12.0 Å². The lowest BCUT2D eigenvalue weighted by Gasteiger charge is -2.08. The second-order valence-electron chi connectivity index (χ2n) is 4.25. The Morgan fingerprint density at radius 1 is 1.00 bits per heavy atom. The van der Waals surface area contributed by atoms with E-state index in [1.807, 2.05) is 0 Å². The first kappa shape index (κ1) is 14.0. The van der Waals surface area contributed by atoms with Crippen molar-refractivity contribution in [3.8, 4) is 0 Å². The van der Waals surface area contributed by atoms with E-state index < -0.39 is 0 Å². The first-order chi connectivity index (χ1) is 9.16. The van der Waals surface area contributed by atoms with E-state index in [1.54, 1.807) is 24.3 Å². The molecule has 0 bridgehead atoms. The molecule has 0 aliphatic heterocycles. The van der Waals surface area contributed by atoms with E-state index in [1.165, 1.54) is 18.2 Å². The fraction of sp³-hybridized carbons (Fsp3) is 0.200. The molecule has 0 spiro atoms. The van der Waals surface area contributed by atoms with Gasteiger partial charge in [-0.2, -0.15) is 0 Å². The highest BCUT2D eigenvalue weighted by Crippen LogP contribution is 2.18. The smallest absolute Gasteiger partial charge is 0.129 e. The van der Waals surface area contributed by atoms with Crippen molar-refractivity contribution in [2.75, 3.05) is 6.54 Å². The standard InChI is InChI=1S/C15H14ClF2N/c16-14-2-1-3-15(18)13(14)10-19-9-8-11-4-6-12(17)7-5-11/h1-7,19H,8-10H2. The summed E-state index contributed by atoms with van der Waals surface area (Å²) in [5, 5.41) is 3.55. The van der Waals surface area contributed by atoms with Gasteiger partial charge in [0, 0.05) is 17.1 Å². The minimum absolute atomic E-state index is 0.241. The molecule has 0 heterocycles. The molecule has 0 saturated heterocycles. The van der Waals surface area contributed by atoms with Gasteiger partial charge in [-0.3, -0.25) is 0 Å². The molecule has 0 aliphatic carbocycles. The normalized spacial score (nSPS) is 10.7. The van der Waals surface area contributed by atoms with Crippen molar-refractivity contribution in [1.29, 1.82) is 0 Å². The van der Waals surface area contributed by atoms with E-state index in [0.29, 0.717) is 23.7 Å². The molecule has 0 atom stereocenters. The molecule has 0 radical (unpaired) electrons. The second-order valence-corrected chi connectivity index (χ2v) is 4.66. The van der Waals surface area contributed by atoms with Crippen LogP contribution in [0.25, 0.3) is 0 Å². The van der Waals surface area contributed by atoms with Crippen LogP contribution in [-0.2, 0) is 13.0 Å². The van der Waals surface area contributed by atoms with Crippen LogP contribution in [0.4, 0.5) is 8.78 Å². The molecule has 100 valence electrons. The monoisotopic (exact) mass is 281 g/mol. The third kappa shape index (κ3) is 4.01. The average Bonchev–Trinajstić information content (AvgIpc) is 2.39. The molecule has 0 aliphatic rings. The zero-order valence-electron chi connectivity index (χ0n) is 10.3. The number of hydrogen-bond donors (Lipinski definition) is 1. The summed E-state index contributed by atoms with van der Waals surface area (Å²) in [5.41, 5.74) is 1.51. The number of benzene rings is 2. The fourth-order valence-electron chi connectivity index (χ4n) is 1.80. The Labute approximate surface area is 116 Å². The molecular formula is C15H14ClF2N. The maximum absolute atomic E-state index is 13.5. The molecule has 0 saturated carbocycles. The molecule has 1 nitrogen and oxygen atoms in total. The van der Waals surface area contributed by atoms with Crippen molar-refractivity contribution in [1.82, 2.24) is 5.32 Å². The van der Waals surface area contributed by atoms with Crippen LogP contribution in [-0.4, -0.2) is 6.54 Å². The molecule has 2 aromatic rings. The van der Waals surface area contributed by atoms with Crippen molar-refractivity contribution >= 4 is 11.6 Å². The zero-order chi connectivity index (χ0) is 13.7. The van der Waals surface area contributed by atoms with Gasteiger partial charge in [-0.1, -0.05) is 29.8 Å². The van der Waals surface area contributed by atoms with Gasteiger partial charge in [0.2, 0.25) is 0 Å². The molecular weight excluding hydrogens is 268 g/mol. The average molecular weight is 282 g/mol. The van der Waals surface area contributed by atoms with Gasteiger partial charge in [0.15, 0.2) is 0 Å². The summed E-state index contributed by atoms with van der Waals surface area (Å²) in [5.74, 6) is -0.545. The van der Waals surface area contributed by atoms with Crippen molar-refractivity contribution in [3.63, 3.8) is 0 Å². The van der Waals surface area contributed by atoms with Gasteiger partial charge >= 0.3 is 0 Å². The molecule has 0 aromatic heterocycles. The second kappa shape index (κ2) is 6.64. The van der Waals surface area contributed by atoms with Crippen LogP contribution in [0.2, 0.25) is 5.02 Å². The van der Waals surface area contributed by atoms with Crippen molar-refractivity contribution in [2.45, 2.75) is 13.0 Å². The number of rotatable bonds is 5. The first-order valence-electron chi connectivity index (χ1n) is 6.05. The molecule has 0 unspecified atom stereocenters. The van der Waals surface area contributed by atoms with Crippen LogP contribution >= 0.6 is 11.6 Å². The molecule has 2 aromatic carbocycles. The number of hydrogen-bond acceptors (Lipinski definition) is 1. The number of halogens is 3. The van der Waals surface area contributed by atoms with Gasteiger partial charge in [-0.15, -0.1) is 0 Å². The van der Waals surface area contributed by atoms with Crippen molar-refractivity contribution in [2.24, 2.45) is 0 Å². The maximum Gasteiger partial charge on any atom is 0.129 e. The third-order valence-electron chi connectivity index (χ3n) is 2.87. The molecule has 4 heteroatoms. The Morgan fingerprint density at radius 2 is 1.74 bits per heavy atom. The number of nitrogens with one attached hydrogen (secondary N) is 1. The van der Waals surface area contributed by atoms with E-state index in [-0.39, 0.29) is 11.6 Å². The van der Waals surface area contributed by atoms with E-state index >= 15 is 0 Å². The molecule has 19 heavy (non-hydrogen) atoms. The van der Waals surface area contributed by atoms with E-state index in [0.717, 1.165) is 12.0 Å². The van der Waals surface area contributed by atoms with Gasteiger partial charge in [-0.25, -0.2) is 8.78 Å². The predicted octanol–water partition coefficient (Wildman–Crippen LogP) is 3.95. The van der Waals surface area contributed by atoms with Gasteiger partial charge in [0.25, 0.3) is 0 Å². The summed E-state index contributed by atoms with van der Waals surface area (Å²) < 4.78 is 26.2. The van der Waals surface area contributed by atoms with Gasteiger partial charge < -0.3 is 5.32 Å². The summed E-state index contributed by atoms with van der Waals surface area (Å²) in [6.07, 6.45) is 0.756. The maximum atomic E-state index is 13.5. The predicted molar refractivity (Wildman–Crippen MR) is 73.2 cm³/mol. The summed E-state index contributed by atoms with van der Waals surface area (Å²) in [7, 11) is 0. The fourth-order valence-corrected chi connectivity index (χ4v) is 2.03. The summed E-state index contributed by atoms with van der Waals surface area (Å²) in [6.45, 7) is 1.06. The van der Waals surface area contributed by atoms with E-state index in [9.17, 15) is 8.78 Å².